The molecule has 0 unspecified atom stereocenters. The van der Waals surface area contributed by atoms with Gasteiger partial charge in [0, 0.05) is 5.92 Å². The third-order valence-corrected chi connectivity index (χ3v) is 1.39. The topological polar surface area (TPSA) is 57.5 Å². The van der Waals surface area contributed by atoms with Gasteiger partial charge in [0.05, 0.1) is 12.2 Å². The molecule has 2 N–H and O–H groups in total. The van der Waals surface area contributed by atoms with Crippen LogP contribution < -0.4 is 0 Å². The lowest BCUT2D eigenvalue weighted by Crippen LogP contribution is -2.08. The van der Waals surface area contributed by atoms with Gasteiger partial charge in [-0.2, -0.15) is 0 Å². The van der Waals surface area contributed by atoms with Gasteiger partial charge in [-0.1, -0.05) is 13.5 Å². The molecular weight excluding hydrogens is 132 g/mol. The van der Waals surface area contributed by atoms with E-state index in [0.29, 0.717) is 6.42 Å². The average Bonchev–Trinajstić information content (AvgIpc) is 1.81. The maximum Gasteiger partial charge on any atom is 0.304 e. The molecule has 0 amide bonds. The Kier molecular flexibility index (Phi) is 3.54. The van der Waals surface area contributed by atoms with E-state index in [4.69, 9.17) is 10.2 Å². The highest BCUT2D eigenvalue weighted by Crippen LogP contribution is 2.14. The molecule has 0 fully saturated rings. The number of carbonyl (C=O) groups is 1. The molecule has 3 heteroatoms. The molecule has 10 heavy (non-hydrogen) atoms. The van der Waals surface area contributed by atoms with Gasteiger partial charge in [-0.3, -0.25) is 4.79 Å². The fourth-order valence-corrected chi connectivity index (χ4v) is 0.709. The summed E-state index contributed by atoms with van der Waals surface area (Å²) < 4.78 is 0. The number of aliphatic carboxylic acids is 1. The highest BCUT2D eigenvalue weighted by molar-refractivity contribution is 5.67. The van der Waals surface area contributed by atoms with E-state index >= 15 is 0 Å². The third-order valence-electron chi connectivity index (χ3n) is 1.39. The molecule has 0 aliphatic carbocycles. The van der Waals surface area contributed by atoms with Crippen molar-refractivity contribution in [1.29, 1.82) is 0 Å². The summed E-state index contributed by atoms with van der Waals surface area (Å²) in [5.74, 6) is -1.23. The van der Waals surface area contributed by atoms with Crippen molar-refractivity contribution in [2.45, 2.75) is 19.8 Å². The van der Waals surface area contributed by atoms with Crippen LogP contribution in [0.4, 0.5) is 0 Å². The number of carboxylic acid groups (broad SMARTS) is 1. The van der Waals surface area contributed by atoms with Crippen molar-refractivity contribution in [3.05, 3.63) is 12.3 Å². The molecule has 58 valence electrons. The van der Waals surface area contributed by atoms with E-state index in [9.17, 15) is 4.79 Å². The van der Waals surface area contributed by atoms with Crippen LogP contribution in [0.3, 0.4) is 0 Å². The van der Waals surface area contributed by atoms with Gasteiger partial charge in [-0.15, -0.1) is 0 Å². The highest BCUT2D eigenvalue weighted by Gasteiger charge is 2.12. The van der Waals surface area contributed by atoms with Gasteiger partial charge in [0.1, 0.15) is 0 Å². The predicted octanol–water partition coefficient (Wildman–Crippen LogP) is 1.56. The van der Waals surface area contributed by atoms with E-state index in [1.807, 2.05) is 6.92 Å². The summed E-state index contributed by atoms with van der Waals surface area (Å²) in [4.78, 5) is 10.1. The van der Waals surface area contributed by atoms with Crippen molar-refractivity contribution < 1.29 is 15.0 Å². The molecule has 1 atom stereocenters. The largest absolute Gasteiger partial charge is 0.513 e. The molecule has 0 spiro atoms. The second kappa shape index (κ2) is 3.93. The van der Waals surface area contributed by atoms with Crippen LogP contribution in [0.15, 0.2) is 12.3 Å². The molecular formula is C7H12O3. The first-order valence-electron chi connectivity index (χ1n) is 3.17. The molecule has 0 heterocycles. The van der Waals surface area contributed by atoms with Crippen LogP contribution in [-0.4, -0.2) is 16.2 Å². The van der Waals surface area contributed by atoms with Crippen LogP contribution in [0.1, 0.15) is 19.8 Å². The normalized spacial score (nSPS) is 12.5. The van der Waals surface area contributed by atoms with Crippen molar-refractivity contribution in [3.8, 4) is 0 Å². The highest BCUT2D eigenvalue weighted by atomic mass is 16.4. The zero-order valence-electron chi connectivity index (χ0n) is 6.00. The maximum atomic E-state index is 10.1. The fraction of sp³-hybridized carbons (Fsp3) is 0.571. The molecule has 0 radical (unpaired) electrons. The summed E-state index contributed by atoms with van der Waals surface area (Å²) >= 11 is 0. The Labute approximate surface area is 60.0 Å². The SMILES string of the molecule is C=C(O)[C@@H](CC)CC(=O)O. The van der Waals surface area contributed by atoms with Crippen molar-refractivity contribution in [2.75, 3.05) is 0 Å². The molecule has 0 rings (SSSR count). The van der Waals surface area contributed by atoms with Crippen LogP contribution in [-0.2, 0) is 4.79 Å². The van der Waals surface area contributed by atoms with Gasteiger partial charge in [0.2, 0.25) is 0 Å². The van der Waals surface area contributed by atoms with Crippen LogP contribution in [0.25, 0.3) is 0 Å². The molecule has 0 aliphatic heterocycles. The summed E-state index contributed by atoms with van der Waals surface area (Å²) in [5, 5.41) is 17.1. The van der Waals surface area contributed by atoms with Gasteiger partial charge in [-0.25, -0.2) is 0 Å². The van der Waals surface area contributed by atoms with E-state index in [-0.39, 0.29) is 18.1 Å². The summed E-state index contributed by atoms with van der Waals surface area (Å²) in [6.45, 7) is 5.09. The molecule has 3 nitrogen and oxygen atoms in total. The number of aliphatic hydroxyl groups excluding tert-OH is 1. The Balaban J connectivity index is 3.83. The summed E-state index contributed by atoms with van der Waals surface area (Å²) in [5.41, 5.74) is 0. The number of aliphatic hydroxyl groups is 1. The van der Waals surface area contributed by atoms with E-state index in [1.165, 1.54) is 0 Å². The van der Waals surface area contributed by atoms with Crippen molar-refractivity contribution in [1.82, 2.24) is 0 Å². The van der Waals surface area contributed by atoms with Crippen molar-refractivity contribution in [2.24, 2.45) is 5.92 Å². The second-order valence-electron chi connectivity index (χ2n) is 2.19. The van der Waals surface area contributed by atoms with Gasteiger partial charge >= 0.3 is 5.97 Å². The first-order valence-corrected chi connectivity index (χ1v) is 3.17. The smallest absolute Gasteiger partial charge is 0.304 e. The summed E-state index contributed by atoms with van der Waals surface area (Å²) in [6, 6.07) is 0. The lowest BCUT2D eigenvalue weighted by Gasteiger charge is -2.08. The molecule has 0 saturated carbocycles. The Bertz CT molecular complexity index is 140. The lowest BCUT2D eigenvalue weighted by atomic mass is 10.0. The minimum Gasteiger partial charge on any atom is -0.513 e. The maximum absolute atomic E-state index is 10.1. The molecule has 0 aromatic carbocycles. The van der Waals surface area contributed by atoms with E-state index in [0.717, 1.165) is 0 Å². The molecule has 0 saturated heterocycles. The van der Waals surface area contributed by atoms with E-state index in [2.05, 4.69) is 6.58 Å². The number of hydrogen-bond acceptors (Lipinski definition) is 2. The number of allylic oxidation sites excluding steroid dienone is 1. The Morgan fingerprint density at radius 2 is 2.10 bits per heavy atom. The average molecular weight is 144 g/mol. The Morgan fingerprint density at radius 1 is 1.60 bits per heavy atom. The summed E-state index contributed by atoms with van der Waals surface area (Å²) in [6.07, 6.45) is 0.577. The third kappa shape index (κ3) is 3.12. The van der Waals surface area contributed by atoms with Crippen LogP contribution in [0, 0.1) is 5.92 Å². The number of rotatable bonds is 4. The molecule has 0 aliphatic rings. The minimum absolute atomic E-state index is 0.0359. The lowest BCUT2D eigenvalue weighted by molar-refractivity contribution is -0.138. The fourth-order valence-electron chi connectivity index (χ4n) is 0.709. The second-order valence-corrected chi connectivity index (χ2v) is 2.19. The van der Waals surface area contributed by atoms with Gasteiger partial charge < -0.3 is 10.2 Å². The van der Waals surface area contributed by atoms with E-state index in [1.54, 1.807) is 0 Å². The van der Waals surface area contributed by atoms with Gasteiger partial charge in [-0.05, 0) is 6.42 Å². The first kappa shape index (κ1) is 9.01. The monoisotopic (exact) mass is 144 g/mol. The Hall–Kier alpha value is -0.990. The molecule has 0 bridgehead atoms. The van der Waals surface area contributed by atoms with Crippen molar-refractivity contribution in [3.63, 3.8) is 0 Å². The zero-order chi connectivity index (χ0) is 8.15. The standard InChI is InChI=1S/C7H12O3/c1-3-6(5(2)8)4-7(9)10/h6,8H,2-4H2,1H3,(H,9,10)/t6-/m0/s1. The number of carboxylic acids is 1. The predicted molar refractivity (Wildman–Crippen MR) is 37.8 cm³/mol. The van der Waals surface area contributed by atoms with Gasteiger partial charge in [0.25, 0.3) is 0 Å². The van der Waals surface area contributed by atoms with E-state index < -0.39 is 5.97 Å². The molecule has 0 aromatic rings. The van der Waals surface area contributed by atoms with Gasteiger partial charge in [0.15, 0.2) is 0 Å². The zero-order valence-corrected chi connectivity index (χ0v) is 6.00. The van der Waals surface area contributed by atoms with Crippen molar-refractivity contribution >= 4 is 5.97 Å². The van der Waals surface area contributed by atoms with Crippen LogP contribution in [0.2, 0.25) is 0 Å². The number of hydrogen-bond donors (Lipinski definition) is 2. The molecule has 0 aromatic heterocycles. The van der Waals surface area contributed by atoms with Crippen LogP contribution in [0.5, 0.6) is 0 Å². The first-order chi connectivity index (χ1) is 4.57. The Morgan fingerprint density at radius 3 is 2.20 bits per heavy atom. The quantitative estimate of drug-likeness (QED) is 0.588. The van der Waals surface area contributed by atoms with Crippen LogP contribution >= 0.6 is 0 Å². The minimum atomic E-state index is -0.901. The summed E-state index contributed by atoms with van der Waals surface area (Å²) in [7, 11) is 0.